The lowest BCUT2D eigenvalue weighted by Crippen LogP contribution is -2.49. The van der Waals surface area contributed by atoms with E-state index >= 15 is 0 Å². The molecule has 1 aliphatic heterocycles. The van der Waals surface area contributed by atoms with Gasteiger partial charge in [-0.1, -0.05) is 0 Å². The van der Waals surface area contributed by atoms with E-state index in [1.165, 1.54) is 11.9 Å². The van der Waals surface area contributed by atoms with Crippen molar-refractivity contribution in [3.8, 4) is 0 Å². The predicted molar refractivity (Wildman–Crippen MR) is 97.4 cm³/mol. The van der Waals surface area contributed by atoms with Gasteiger partial charge in [-0.3, -0.25) is 14.2 Å². The first-order valence-corrected chi connectivity index (χ1v) is 8.96. The molecular formula is C17H19F3N8O. The quantitative estimate of drug-likeness (QED) is 0.637. The Kier molecular flexibility index (Phi) is 4.43. The van der Waals surface area contributed by atoms with Crippen molar-refractivity contribution in [2.45, 2.75) is 13.1 Å². The number of alkyl halides is 3. The number of halogens is 3. The molecule has 0 saturated carbocycles. The van der Waals surface area contributed by atoms with Crippen LogP contribution in [0.15, 0.2) is 12.4 Å². The summed E-state index contributed by atoms with van der Waals surface area (Å²) in [7, 11) is 3.15. The summed E-state index contributed by atoms with van der Waals surface area (Å²) in [6.45, 7) is 3.21. The molecule has 9 nitrogen and oxygen atoms in total. The highest BCUT2D eigenvalue weighted by Crippen LogP contribution is 2.31. The third kappa shape index (κ3) is 3.38. The van der Waals surface area contributed by atoms with Crippen LogP contribution in [0.2, 0.25) is 0 Å². The molecule has 0 radical (unpaired) electrons. The molecule has 0 aromatic carbocycles. The zero-order valence-corrected chi connectivity index (χ0v) is 16.1. The first kappa shape index (κ1) is 19.2. The summed E-state index contributed by atoms with van der Waals surface area (Å²) in [5, 5.41) is 8.43. The summed E-state index contributed by atoms with van der Waals surface area (Å²) in [4.78, 5) is 25.0. The van der Waals surface area contributed by atoms with Gasteiger partial charge in [0.1, 0.15) is 11.6 Å². The average Bonchev–Trinajstić information content (AvgIpc) is 3.24. The molecule has 0 aliphatic carbocycles. The molecule has 1 amide bonds. The van der Waals surface area contributed by atoms with Crippen LogP contribution >= 0.6 is 0 Å². The summed E-state index contributed by atoms with van der Waals surface area (Å²) in [6.07, 6.45) is -1.88. The molecular weight excluding hydrogens is 389 g/mol. The van der Waals surface area contributed by atoms with E-state index in [1.54, 1.807) is 24.9 Å². The minimum absolute atomic E-state index is 0.274. The van der Waals surface area contributed by atoms with Gasteiger partial charge in [-0.05, 0) is 6.92 Å². The Morgan fingerprint density at radius 2 is 1.79 bits per heavy atom. The van der Waals surface area contributed by atoms with Crippen LogP contribution in [0.4, 0.5) is 19.0 Å². The van der Waals surface area contributed by atoms with Crippen LogP contribution in [0.25, 0.3) is 11.0 Å². The Balaban J connectivity index is 1.55. The Hall–Kier alpha value is -3.18. The van der Waals surface area contributed by atoms with Crippen molar-refractivity contribution in [3.05, 3.63) is 29.5 Å². The molecule has 1 aliphatic rings. The molecule has 0 N–H and O–H groups in total. The van der Waals surface area contributed by atoms with E-state index in [2.05, 4.69) is 20.2 Å². The number of nitrogens with zero attached hydrogens (tertiary/aromatic N) is 8. The van der Waals surface area contributed by atoms with E-state index in [-0.39, 0.29) is 13.1 Å². The smallest absolute Gasteiger partial charge is 0.352 e. The largest absolute Gasteiger partial charge is 0.435 e. The monoisotopic (exact) mass is 408 g/mol. The molecule has 4 heterocycles. The zero-order chi connectivity index (χ0) is 20.9. The van der Waals surface area contributed by atoms with E-state index in [1.807, 2.05) is 4.90 Å². The maximum atomic E-state index is 13.2. The van der Waals surface area contributed by atoms with Gasteiger partial charge < -0.3 is 9.80 Å². The predicted octanol–water partition coefficient (Wildman–Crippen LogP) is 1.39. The standard InChI is InChI=1S/C17H19F3N8O/c1-10-22-14-11(8-21-26(14)3)15(23-10)27-4-6-28(7-5-27)16(29)12-9-25(2)24-13(12)17(18,19)20/h8-9H,4-7H2,1-3H3. The number of fused-ring (bicyclic) bond motifs is 1. The van der Waals surface area contributed by atoms with Crippen molar-refractivity contribution in [1.29, 1.82) is 0 Å². The van der Waals surface area contributed by atoms with Crippen LogP contribution in [0.5, 0.6) is 0 Å². The maximum Gasteiger partial charge on any atom is 0.435 e. The van der Waals surface area contributed by atoms with Gasteiger partial charge in [0.2, 0.25) is 0 Å². The van der Waals surface area contributed by atoms with Gasteiger partial charge in [0.25, 0.3) is 5.91 Å². The minimum atomic E-state index is -4.68. The summed E-state index contributed by atoms with van der Waals surface area (Å²) in [6, 6.07) is 0. The molecule has 1 fully saturated rings. The van der Waals surface area contributed by atoms with Crippen LogP contribution in [0.1, 0.15) is 21.9 Å². The van der Waals surface area contributed by atoms with Crippen molar-refractivity contribution < 1.29 is 18.0 Å². The highest BCUT2D eigenvalue weighted by molar-refractivity contribution is 5.95. The normalized spacial score (nSPS) is 15.4. The third-order valence-electron chi connectivity index (χ3n) is 4.88. The molecule has 154 valence electrons. The average molecular weight is 408 g/mol. The van der Waals surface area contributed by atoms with Crippen LogP contribution in [0.3, 0.4) is 0 Å². The Bertz CT molecular complexity index is 1080. The Morgan fingerprint density at radius 3 is 2.45 bits per heavy atom. The van der Waals surface area contributed by atoms with Crippen molar-refractivity contribution in [2.24, 2.45) is 14.1 Å². The molecule has 3 aromatic rings. The number of hydrogen-bond donors (Lipinski definition) is 0. The van der Waals surface area contributed by atoms with E-state index in [9.17, 15) is 18.0 Å². The number of rotatable bonds is 2. The van der Waals surface area contributed by atoms with Gasteiger partial charge in [0.05, 0.1) is 17.1 Å². The Labute approximate surface area is 163 Å². The minimum Gasteiger partial charge on any atom is -0.352 e. The number of carbonyl (C=O) groups excluding carboxylic acids is 1. The molecule has 1 saturated heterocycles. The Morgan fingerprint density at radius 1 is 1.10 bits per heavy atom. The van der Waals surface area contributed by atoms with E-state index < -0.39 is 23.3 Å². The summed E-state index contributed by atoms with van der Waals surface area (Å²) in [5.41, 5.74) is -0.881. The number of amides is 1. The highest BCUT2D eigenvalue weighted by Gasteiger charge is 2.40. The number of carbonyl (C=O) groups is 1. The van der Waals surface area contributed by atoms with E-state index in [4.69, 9.17) is 0 Å². The number of hydrogen-bond acceptors (Lipinski definition) is 6. The second-order valence-corrected chi connectivity index (χ2v) is 6.94. The van der Waals surface area contributed by atoms with E-state index in [0.29, 0.717) is 30.4 Å². The fourth-order valence-electron chi connectivity index (χ4n) is 3.50. The van der Waals surface area contributed by atoms with Crippen LogP contribution < -0.4 is 4.90 Å². The van der Waals surface area contributed by atoms with Crippen molar-refractivity contribution in [1.82, 2.24) is 34.4 Å². The molecule has 0 bridgehead atoms. The highest BCUT2D eigenvalue weighted by atomic mass is 19.4. The first-order valence-electron chi connectivity index (χ1n) is 8.96. The lowest BCUT2D eigenvalue weighted by atomic mass is 10.2. The third-order valence-corrected chi connectivity index (χ3v) is 4.88. The summed E-state index contributed by atoms with van der Waals surface area (Å²) < 4.78 is 42.2. The fraction of sp³-hybridized carbons (Fsp3) is 0.471. The molecule has 29 heavy (non-hydrogen) atoms. The van der Waals surface area contributed by atoms with Crippen molar-refractivity contribution in [3.63, 3.8) is 0 Å². The number of piperazine rings is 1. The van der Waals surface area contributed by atoms with E-state index in [0.717, 1.165) is 16.3 Å². The number of aryl methyl sites for hydroxylation is 3. The van der Waals surface area contributed by atoms with Crippen LogP contribution in [-0.4, -0.2) is 66.5 Å². The second kappa shape index (κ2) is 6.71. The molecule has 0 spiro atoms. The van der Waals surface area contributed by atoms with Gasteiger partial charge in [-0.25, -0.2) is 9.97 Å². The lowest BCUT2D eigenvalue weighted by molar-refractivity contribution is -0.141. The molecule has 4 rings (SSSR count). The van der Waals surface area contributed by atoms with Gasteiger partial charge >= 0.3 is 6.18 Å². The first-order chi connectivity index (χ1) is 13.6. The molecule has 0 atom stereocenters. The van der Waals surface area contributed by atoms with Gasteiger partial charge in [-0.15, -0.1) is 0 Å². The molecule has 0 unspecified atom stereocenters. The van der Waals surface area contributed by atoms with Crippen molar-refractivity contribution in [2.75, 3.05) is 31.1 Å². The van der Waals surface area contributed by atoms with Crippen LogP contribution in [0, 0.1) is 6.92 Å². The van der Waals surface area contributed by atoms with Gasteiger partial charge in [-0.2, -0.15) is 23.4 Å². The topological polar surface area (TPSA) is 85.0 Å². The second-order valence-electron chi connectivity index (χ2n) is 6.94. The number of anilines is 1. The van der Waals surface area contributed by atoms with Crippen LogP contribution in [-0.2, 0) is 20.3 Å². The molecule has 3 aromatic heterocycles. The maximum absolute atomic E-state index is 13.2. The van der Waals surface area contributed by atoms with Gasteiger partial charge in [0.15, 0.2) is 11.3 Å². The summed E-state index contributed by atoms with van der Waals surface area (Å²) >= 11 is 0. The van der Waals surface area contributed by atoms with Gasteiger partial charge in [0, 0.05) is 46.5 Å². The van der Waals surface area contributed by atoms with Crippen molar-refractivity contribution >= 4 is 22.8 Å². The SMILES string of the molecule is Cc1nc(N2CCN(C(=O)c3cn(C)nc3C(F)(F)F)CC2)c2cnn(C)c2n1. The fourth-order valence-corrected chi connectivity index (χ4v) is 3.50. The molecule has 12 heteroatoms. The zero-order valence-electron chi connectivity index (χ0n) is 16.1. The lowest BCUT2D eigenvalue weighted by Gasteiger charge is -2.35. The summed E-state index contributed by atoms with van der Waals surface area (Å²) in [5.74, 6) is 0.639. The number of aromatic nitrogens is 6.